The lowest BCUT2D eigenvalue weighted by Crippen LogP contribution is -2.20. The van der Waals surface area contributed by atoms with Crippen LogP contribution in [0.1, 0.15) is 130 Å². The maximum absolute atomic E-state index is 4.27. The van der Waals surface area contributed by atoms with E-state index in [9.17, 15) is 0 Å². The standard InChI is InChI=1S/C27H50S/c1-7-12-15-18-19-22-26(28-11-5)25(10-4)27(6,23-20-16-13-8-2)24-21-17-14-9-3/h10-11H,4-5,7-9,12-24H2,1-3,6H3/b26-25+. The van der Waals surface area contributed by atoms with Crippen molar-refractivity contribution in [2.45, 2.75) is 130 Å². The summed E-state index contributed by atoms with van der Waals surface area (Å²) < 4.78 is 0. The molecule has 0 unspecified atom stereocenters. The van der Waals surface area contributed by atoms with Gasteiger partial charge in [0.1, 0.15) is 0 Å². The van der Waals surface area contributed by atoms with Gasteiger partial charge in [0.25, 0.3) is 0 Å². The van der Waals surface area contributed by atoms with Gasteiger partial charge in [-0.25, -0.2) is 0 Å². The molecular weight excluding hydrogens is 356 g/mol. The lowest BCUT2D eigenvalue weighted by molar-refractivity contribution is 0.312. The van der Waals surface area contributed by atoms with E-state index >= 15 is 0 Å². The zero-order valence-electron chi connectivity index (χ0n) is 19.8. The molecule has 0 heterocycles. The van der Waals surface area contributed by atoms with Crippen LogP contribution in [0.15, 0.2) is 35.1 Å². The number of hydrogen-bond acceptors (Lipinski definition) is 1. The van der Waals surface area contributed by atoms with E-state index in [4.69, 9.17) is 0 Å². The van der Waals surface area contributed by atoms with Crippen molar-refractivity contribution in [1.82, 2.24) is 0 Å². The second-order valence-corrected chi connectivity index (χ2v) is 9.73. The van der Waals surface area contributed by atoms with Gasteiger partial charge >= 0.3 is 0 Å². The van der Waals surface area contributed by atoms with Crippen LogP contribution in [0.25, 0.3) is 0 Å². The molecule has 0 aliphatic rings. The normalized spacial score (nSPS) is 12.7. The van der Waals surface area contributed by atoms with E-state index in [-0.39, 0.29) is 5.41 Å². The third-order valence-corrected chi connectivity index (χ3v) is 6.93. The van der Waals surface area contributed by atoms with Crippen molar-refractivity contribution in [3.05, 3.63) is 35.1 Å². The Hall–Kier alpha value is -0.430. The predicted molar refractivity (Wildman–Crippen MR) is 134 cm³/mol. The van der Waals surface area contributed by atoms with Crippen molar-refractivity contribution in [1.29, 1.82) is 0 Å². The third kappa shape index (κ3) is 12.2. The van der Waals surface area contributed by atoms with Gasteiger partial charge in [-0.05, 0) is 47.0 Å². The summed E-state index contributed by atoms with van der Waals surface area (Å²) in [6, 6.07) is 0. The van der Waals surface area contributed by atoms with Gasteiger partial charge in [-0.3, -0.25) is 0 Å². The molecule has 0 nitrogen and oxygen atoms in total. The quantitative estimate of drug-likeness (QED) is 0.143. The van der Waals surface area contributed by atoms with Crippen LogP contribution in [-0.2, 0) is 0 Å². The molecule has 0 aliphatic carbocycles. The average molecular weight is 407 g/mol. The summed E-state index contributed by atoms with van der Waals surface area (Å²) in [5.41, 5.74) is 1.80. The van der Waals surface area contributed by atoms with Crippen molar-refractivity contribution in [2.24, 2.45) is 5.41 Å². The van der Waals surface area contributed by atoms with Gasteiger partial charge in [-0.2, -0.15) is 0 Å². The van der Waals surface area contributed by atoms with Crippen molar-refractivity contribution in [3.8, 4) is 0 Å². The Kier molecular flexibility index (Phi) is 18.3. The van der Waals surface area contributed by atoms with Crippen LogP contribution in [0, 0.1) is 5.41 Å². The largest absolute Gasteiger partial charge is 0.103 e. The smallest absolute Gasteiger partial charge is 0.00675 e. The maximum atomic E-state index is 4.27. The Morgan fingerprint density at radius 2 is 1.18 bits per heavy atom. The molecule has 0 atom stereocenters. The molecule has 28 heavy (non-hydrogen) atoms. The number of unbranched alkanes of at least 4 members (excludes halogenated alkanes) is 10. The second-order valence-electron chi connectivity index (χ2n) is 8.67. The highest BCUT2D eigenvalue weighted by atomic mass is 32.2. The van der Waals surface area contributed by atoms with E-state index in [1.807, 2.05) is 17.2 Å². The van der Waals surface area contributed by atoms with Gasteiger partial charge in [-0.15, -0.1) is 11.8 Å². The number of thioether (sulfide) groups is 1. The van der Waals surface area contributed by atoms with Crippen LogP contribution in [0.5, 0.6) is 0 Å². The second kappa shape index (κ2) is 18.6. The van der Waals surface area contributed by atoms with Crippen LogP contribution >= 0.6 is 11.8 Å². The fraction of sp³-hybridized carbons (Fsp3) is 0.778. The molecule has 0 aromatic carbocycles. The first-order chi connectivity index (χ1) is 13.6. The Bertz CT molecular complexity index is 406. The van der Waals surface area contributed by atoms with Crippen LogP contribution in [0.4, 0.5) is 0 Å². The lowest BCUT2D eigenvalue weighted by atomic mass is 9.73. The van der Waals surface area contributed by atoms with E-state index in [1.165, 1.54) is 113 Å². The minimum Gasteiger partial charge on any atom is -0.103 e. The highest BCUT2D eigenvalue weighted by Gasteiger charge is 2.28. The molecule has 0 aromatic heterocycles. The van der Waals surface area contributed by atoms with E-state index < -0.39 is 0 Å². The van der Waals surface area contributed by atoms with Crippen molar-refractivity contribution in [2.75, 3.05) is 0 Å². The van der Waals surface area contributed by atoms with Crippen molar-refractivity contribution >= 4 is 11.8 Å². The zero-order valence-corrected chi connectivity index (χ0v) is 20.6. The number of hydrogen-bond donors (Lipinski definition) is 0. The van der Waals surface area contributed by atoms with Gasteiger partial charge in [0.15, 0.2) is 0 Å². The Morgan fingerprint density at radius 3 is 1.61 bits per heavy atom. The molecule has 0 aliphatic heterocycles. The molecule has 0 fully saturated rings. The SMILES string of the molecule is C=CS/C(CCCCCCC)=C(\C=C)C(C)(CCCCCC)CCCCCC. The molecule has 0 saturated carbocycles. The molecule has 0 N–H and O–H groups in total. The minimum absolute atomic E-state index is 0.276. The van der Waals surface area contributed by atoms with Gasteiger partial charge in [-0.1, -0.05) is 124 Å². The van der Waals surface area contributed by atoms with E-state index in [2.05, 4.69) is 46.9 Å². The molecule has 0 spiro atoms. The Balaban J connectivity index is 5.30. The van der Waals surface area contributed by atoms with E-state index in [0.29, 0.717) is 0 Å². The first kappa shape index (κ1) is 27.6. The van der Waals surface area contributed by atoms with Crippen LogP contribution in [0.3, 0.4) is 0 Å². The van der Waals surface area contributed by atoms with Crippen LogP contribution in [0.2, 0.25) is 0 Å². The summed E-state index contributed by atoms with van der Waals surface area (Å²) in [6.07, 6.45) is 23.5. The molecule has 0 amide bonds. The molecule has 0 radical (unpaired) electrons. The van der Waals surface area contributed by atoms with E-state index in [1.54, 1.807) is 0 Å². The van der Waals surface area contributed by atoms with Gasteiger partial charge in [0.05, 0.1) is 0 Å². The molecule has 164 valence electrons. The Morgan fingerprint density at radius 1 is 0.714 bits per heavy atom. The monoisotopic (exact) mass is 406 g/mol. The topological polar surface area (TPSA) is 0 Å². The average Bonchev–Trinajstić information content (AvgIpc) is 2.69. The Labute approximate surface area is 182 Å². The highest BCUT2D eigenvalue weighted by molar-refractivity contribution is 8.05. The van der Waals surface area contributed by atoms with Crippen LogP contribution in [-0.4, -0.2) is 0 Å². The summed E-state index contributed by atoms with van der Waals surface area (Å²) >= 11 is 1.86. The summed E-state index contributed by atoms with van der Waals surface area (Å²) in [5.74, 6) is 0. The number of rotatable bonds is 20. The number of allylic oxidation sites excluding steroid dienone is 3. The fourth-order valence-corrected chi connectivity index (χ4v) is 5.14. The molecule has 0 bridgehead atoms. The zero-order chi connectivity index (χ0) is 21.1. The molecule has 0 aromatic rings. The maximum Gasteiger partial charge on any atom is -0.00675 e. The molecular formula is C27H50S. The van der Waals surface area contributed by atoms with Crippen molar-refractivity contribution < 1.29 is 0 Å². The molecule has 0 saturated heterocycles. The first-order valence-corrected chi connectivity index (χ1v) is 13.1. The predicted octanol–water partition coefficient (Wildman–Crippen LogP) is 10.6. The van der Waals surface area contributed by atoms with Crippen molar-refractivity contribution in [3.63, 3.8) is 0 Å². The van der Waals surface area contributed by atoms with Gasteiger partial charge in [0.2, 0.25) is 0 Å². The summed E-state index contributed by atoms with van der Waals surface area (Å²) in [4.78, 5) is 1.54. The highest BCUT2D eigenvalue weighted by Crippen LogP contribution is 2.44. The van der Waals surface area contributed by atoms with Gasteiger partial charge in [0, 0.05) is 0 Å². The minimum atomic E-state index is 0.276. The molecule has 1 heteroatoms. The first-order valence-electron chi connectivity index (χ1n) is 12.2. The fourth-order valence-electron chi connectivity index (χ4n) is 4.22. The van der Waals surface area contributed by atoms with Crippen LogP contribution < -0.4 is 0 Å². The third-order valence-electron chi connectivity index (χ3n) is 6.05. The van der Waals surface area contributed by atoms with Gasteiger partial charge < -0.3 is 0 Å². The molecule has 0 rings (SSSR count). The summed E-state index contributed by atoms with van der Waals surface area (Å²) in [6.45, 7) is 17.7. The lowest BCUT2D eigenvalue weighted by Gasteiger charge is -2.34. The van der Waals surface area contributed by atoms with E-state index in [0.717, 1.165) is 0 Å². The summed E-state index contributed by atoms with van der Waals surface area (Å²) in [7, 11) is 0. The summed E-state index contributed by atoms with van der Waals surface area (Å²) in [5, 5.41) is 2.03.